The molecule has 0 unspecified atom stereocenters. The molecule has 2 aromatic carbocycles. The van der Waals surface area contributed by atoms with Crippen molar-refractivity contribution >= 4 is 11.9 Å². The standard InChI is InChI=1S/C20H25NO/c1-13-7-8-18(15(3)9-13)21-12-16-10-14(2)11-17(19(16)22)20(4,5)6/h7-12,22H,1-6H3. The van der Waals surface area contributed by atoms with Gasteiger partial charge in [0.2, 0.25) is 0 Å². The maximum absolute atomic E-state index is 10.5. The highest BCUT2D eigenvalue weighted by atomic mass is 16.3. The molecule has 2 heteroatoms. The Morgan fingerprint density at radius 1 is 0.955 bits per heavy atom. The summed E-state index contributed by atoms with van der Waals surface area (Å²) in [6.07, 6.45) is 1.76. The van der Waals surface area contributed by atoms with Gasteiger partial charge in [-0.05, 0) is 49.4 Å². The van der Waals surface area contributed by atoms with Crippen LogP contribution in [0.3, 0.4) is 0 Å². The molecule has 1 N–H and O–H groups in total. The first-order valence-corrected chi connectivity index (χ1v) is 7.64. The SMILES string of the molecule is Cc1ccc(N=Cc2cc(C)cc(C(C)(C)C)c2O)c(C)c1. The van der Waals surface area contributed by atoms with E-state index in [0.29, 0.717) is 5.75 Å². The lowest BCUT2D eigenvalue weighted by Gasteiger charge is -2.22. The number of phenolic OH excluding ortho intramolecular Hbond substituents is 1. The Balaban J connectivity index is 2.45. The normalized spacial score (nSPS) is 12.1. The molecule has 0 amide bonds. The molecule has 0 atom stereocenters. The van der Waals surface area contributed by atoms with Crippen molar-refractivity contribution in [3.63, 3.8) is 0 Å². The lowest BCUT2D eigenvalue weighted by Crippen LogP contribution is -2.12. The van der Waals surface area contributed by atoms with Crippen molar-refractivity contribution in [3.8, 4) is 5.75 Å². The molecular formula is C20H25NO. The minimum atomic E-state index is -0.0987. The van der Waals surface area contributed by atoms with Gasteiger partial charge in [-0.15, -0.1) is 0 Å². The molecule has 2 aromatic rings. The maximum Gasteiger partial charge on any atom is 0.128 e. The first kappa shape index (κ1) is 16.3. The van der Waals surface area contributed by atoms with E-state index in [4.69, 9.17) is 0 Å². The molecular weight excluding hydrogens is 270 g/mol. The fourth-order valence-corrected chi connectivity index (χ4v) is 2.57. The van der Waals surface area contributed by atoms with E-state index < -0.39 is 0 Å². The molecule has 0 bridgehead atoms. The van der Waals surface area contributed by atoms with Crippen LogP contribution in [0.2, 0.25) is 0 Å². The van der Waals surface area contributed by atoms with E-state index in [0.717, 1.165) is 27.9 Å². The van der Waals surface area contributed by atoms with Gasteiger partial charge >= 0.3 is 0 Å². The van der Waals surface area contributed by atoms with Crippen molar-refractivity contribution < 1.29 is 5.11 Å². The highest BCUT2D eigenvalue weighted by Gasteiger charge is 2.20. The Kier molecular flexibility index (Phi) is 4.41. The molecule has 0 heterocycles. The summed E-state index contributed by atoms with van der Waals surface area (Å²) >= 11 is 0. The zero-order valence-electron chi connectivity index (χ0n) is 14.4. The average molecular weight is 295 g/mol. The quantitative estimate of drug-likeness (QED) is 0.743. The number of rotatable bonds is 2. The molecule has 116 valence electrons. The molecule has 0 saturated heterocycles. The molecule has 0 aliphatic carbocycles. The number of aromatic hydroxyl groups is 1. The topological polar surface area (TPSA) is 32.6 Å². The van der Waals surface area contributed by atoms with Gasteiger partial charge in [0.05, 0.1) is 5.69 Å². The molecule has 2 rings (SSSR count). The Morgan fingerprint density at radius 3 is 2.23 bits per heavy atom. The van der Waals surface area contributed by atoms with Crippen molar-refractivity contribution in [2.75, 3.05) is 0 Å². The number of hydrogen-bond donors (Lipinski definition) is 1. The van der Waals surface area contributed by atoms with Gasteiger partial charge in [0.15, 0.2) is 0 Å². The van der Waals surface area contributed by atoms with Crippen LogP contribution >= 0.6 is 0 Å². The van der Waals surface area contributed by atoms with Crippen molar-refractivity contribution in [2.45, 2.75) is 47.0 Å². The second-order valence-electron chi connectivity index (χ2n) is 7.05. The summed E-state index contributed by atoms with van der Waals surface area (Å²) < 4.78 is 0. The predicted octanol–water partition coefficient (Wildman–Crippen LogP) is 5.37. The van der Waals surface area contributed by atoms with Gasteiger partial charge in [-0.3, -0.25) is 4.99 Å². The van der Waals surface area contributed by atoms with E-state index in [1.807, 2.05) is 25.1 Å². The molecule has 0 saturated carbocycles. The Morgan fingerprint density at radius 2 is 1.64 bits per heavy atom. The van der Waals surface area contributed by atoms with Gasteiger partial charge in [0.1, 0.15) is 5.75 Å². The third-order valence-corrected chi connectivity index (χ3v) is 3.79. The fourth-order valence-electron chi connectivity index (χ4n) is 2.57. The largest absolute Gasteiger partial charge is 0.507 e. The second kappa shape index (κ2) is 5.96. The van der Waals surface area contributed by atoms with Crippen LogP contribution in [0.25, 0.3) is 0 Å². The Labute approximate surface area is 133 Å². The summed E-state index contributed by atoms with van der Waals surface area (Å²) in [5.74, 6) is 0.326. The summed E-state index contributed by atoms with van der Waals surface area (Å²) in [6.45, 7) is 12.5. The number of aryl methyl sites for hydroxylation is 3. The zero-order chi connectivity index (χ0) is 16.5. The van der Waals surface area contributed by atoms with Crippen LogP contribution in [-0.4, -0.2) is 11.3 Å². The maximum atomic E-state index is 10.5. The van der Waals surface area contributed by atoms with Crippen LogP contribution in [0.15, 0.2) is 35.3 Å². The lowest BCUT2D eigenvalue weighted by molar-refractivity contribution is 0.445. The van der Waals surface area contributed by atoms with E-state index >= 15 is 0 Å². The van der Waals surface area contributed by atoms with Crippen molar-refractivity contribution in [2.24, 2.45) is 4.99 Å². The van der Waals surface area contributed by atoms with E-state index in [2.05, 4.69) is 51.7 Å². The summed E-state index contributed by atoms with van der Waals surface area (Å²) in [5, 5.41) is 10.5. The summed E-state index contributed by atoms with van der Waals surface area (Å²) in [7, 11) is 0. The van der Waals surface area contributed by atoms with Gasteiger partial charge in [-0.1, -0.05) is 44.5 Å². The fraction of sp³-hybridized carbons (Fsp3) is 0.350. The number of aliphatic imine (C=N–C) groups is 1. The zero-order valence-corrected chi connectivity index (χ0v) is 14.4. The third-order valence-electron chi connectivity index (χ3n) is 3.79. The van der Waals surface area contributed by atoms with Gasteiger partial charge < -0.3 is 5.11 Å². The Bertz CT molecular complexity index is 721. The summed E-state index contributed by atoms with van der Waals surface area (Å²) in [4.78, 5) is 4.56. The highest BCUT2D eigenvalue weighted by molar-refractivity contribution is 5.86. The second-order valence-corrected chi connectivity index (χ2v) is 7.05. The molecule has 0 aliphatic heterocycles. The average Bonchev–Trinajstić information content (AvgIpc) is 2.39. The minimum Gasteiger partial charge on any atom is -0.507 e. The summed E-state index contributed by atoms with van der Waals surface area (Å²) in [6, 6.07) is 10.2. The molecule has 2 nitrogen and oxygen atoms in total. The van der Waals surface area contributed by atoms with E-state index in [9.17, 15) is 5.11 Å². The molecule has 22 heavy (non-hydrogen) atoms. The molecule has 0 aliphatic rings. The van der Waals surface area contributed by atoms with E-state index in [1.54, 1.807) is 6.21 Å². The number of phenols is 1. The van der Waals surface area contributed by atoms with Gasteiger partial charge in [-0.2, -0.15) is 0 Å². The van der Waals surface area contributed by atoms with E-state index in [1.165, 1.54) is 5.56 Å². The smallest absolute Gasteiger partial charge is 0.128 e. The summed E-state index contributed by atoms with van der Waals surface area (Å²) in [5.41, 5.74) is 6.05. The van der Waals surface area contributed by atoms with E-state index in [-0.39, 0.29) is 5.41 Å². The van der Waals surface area contributed by atoms with Gasteiger partial charge in [0.25, 0.3) is 0 Å². The molecule has 0 aromatic heterocycles. The molecule has 0 spiro atoms. The van der Waals surface area contributed by atoms with Crippen molar-refractivity contribution in [1.82, 2.24) is 0 Å². The van der Waals surface area contributed by atoms with Gasteiger partial charge in [-0.25, -0.2) is 0 Å². The van der Waals surface area contributed by atoms with Gasteiger partial charge in [0, 0.05) is 17.3 Å². The van der Waals surface area contributed by atoms with Crippen LogP contribution in [-0.2, 0) is 5.41 Å². The monoisotopic (exact) mass is 295 g/mol. The van der Waals surface area contributed by atoms with Crippen LogP contribution in [0, 0.1) is 20.8 Å². The van der Waals surface area contributed by atoms with Crippen LogP contribution < -0.4 is 0 Å². The van der Waals surface area contributed by atoms with Crippen LogP contribution in [0.1, 0.15) is 48.6 Å². The number of hydrogen-bond acceptors (Lipinski definition) is 2. The molecule has 0 radical (unpaired) electrons. The van der Waals surface area contributed by atoms with Crippen molar-refractivity contribution in [3.05, 3.63) is 58.1 Å². The minimum absolute atomic E-state index is 0.0987. The highest BCUT2D eigenvalue weighted by Crippen LogP contribution is 2.34. The number of nitrogens with zero attached hydrogens (tertiary/aromatic N) is 1. The Hall–Kier alpha value is -2.09. The third kappa shape index (κ3) is 3.56. The van der Waals surface area contributed by atoms with Crippen molar-refractivity contribution in [1.29, 1.82) is 0 Å². The predicted molar refractivity (Wildman–Crippen MR) is 94.7 cm³/mol. The number of benzene rings is 2. The first-order valence-electron chi connectivity index (χ1n) is 7.64. The lowest BCUT2D eigenvalue weighted by atomic mass is 9.84. The first-order chi connectivity index (χ1) is 10.2. The van der Waals surface area contributed by atoms with Crippen LogP contribution in [0.4, 0.5) is 5.69 Å². The van der Waals surface area contributed by atoms with Crippen LogP contribution in [0.5, 0.6) is 5.75 Å². The molecule has 0 fully saturated rings.